The largest absolute Gasteiger partial charge is 0.304 e. The average molecular weight is 296 g/mol. The summed E-state index contributed by atoms with van der Waals surface area (Å²) < 4.78 is 0.946. The zero-order valence-corrected chi connectivity index (χ0v) is 11.7. The molecule has 1 aromatic rings. The summed E-state index contributed by atoms with van der Waals surface area (Å²) in [4.78, 5) is 25.1. The lowest BCUT2D eigenvalue weighted by Gasteiger charge is -2.19. The van der Waals surface area contributed by atoms with E-state index in [1.165, 1.54) is 6.92 Å². The number of nitrogens with zero attached hydrogens (tertiary/aromatic N) is 1. The number of anilines is 1. The van der Waals surface area contributed by atoms with Crippen molar-refractivity contribution >= 4 is 33.3 Å². The molecule has 1 heterocycles. The molecule has 90 valence electrons. The molecule has 0 spiro atoms. The van der Waals surface area contributed by atoms with Crippen LogP contribution in [0.25, 0.3) is 0 Å². The molecule has 0 fully saturated rings. The molecule has 0 N–H and O–H groups in total. The summed E-state index contributed by atoms with van der Waals surface area (Å²) in [6.07, 6.45) is 0. The van der Waals surface area contributed by atoms with Gasteiger partial charge in [-0.15, -0.1) is 0 Å². The van der Waals surface area contributed by atoms with Crippen molar-refractivity contribution in [2.45, 2.75) is 26.2 Å². The first-order valence-electron chi connectivity index (χ1n) is 5.45. The first kappa shape index (κ1) is 12.3. The maximum Gasteiger partial charge on any atom is 0.237 e. The maximum absolute atomic E-state index is 12.3. The van der Waals surface area contributed by atoms with Crippen LogP contribution in [-0.2, 0) is 15.0 Å². The lowest BCUT2D eigenvalue weighted by atomic mass is 9.86. The third-order valence-electron chi connectivity index (χ3n) is 3.08. The van der Waals surface area contributed by atoms with Crippen LogP contribution in [-0.4, -0.2) is 18.2 Å². The molecule has 4 heteroatoms. The van der Waals surface area contributed by atoms with E-state index < -0.39 is 5.41 Å². The fourth-order valence-corrected chi connectivity index (χ4v) is 2.55. The molecule has 0 aromatic heterocycles. The summed E-state index contributed by atoms with van der Waals surface area (Å²) in [5, 5.41) is 0. The standard InChI is InChI=1S/C13H14BrNO2/c1-8(16)7-15-11-5-4-9(14)6-10(11)13(2,3)12(15)17/h4-6H,7H2,1-3H3. The van der Waals surface area contributed by atoms with Gasteiger partial charge in [-0.3, -0.25) is 9.59 Å². The van der Waals surface area contributed by atoms with Gasteiger partial charge in [0.1, 0.15) is 5.78 Å². The van der Waals surface area contributed by atoms with E-state index in [0.29, 0.717) is 0 Å². The van der Waals surface area contributed by atoms with Gasteiger partial charge in [-0.2, -0.15) is 0 Å². The number of amides is 1. The van der Waals surface area contributed by atoms with E-state index in [-0.39, 0.29) is 18.2 Å². The quantitative estimate of drug-likeness (QED) is 0.841. The van der Waals surface area contributed by atoms with E-state index in [9.17, 15) is 9.59 Å². The molecule has 1 aliphatic heterocycles. The van der Waals surface area contributed by atoms with Gasteiger partial charge in [0.25, 0.3) is 0 Å². The van der Waals surface area contributed by atoms with Crippen LogP contribution in [0.4, 0.5) is 5.69 Å². The second-order valence-electron chi connectivity index (χ2n) is 4.88. The predicted molar refractivity (Wildman–Crippen MR) is 70.2 cm³/mol. The number of hydrogen-bond acceptors (Lipinski definition) is 2. The number of halogens is 1. The van der Waals surface area contributed by atoms with E-state index in [4.69, 9.17) is 0 Å². The van der Waals surface area contributed by atoms with E-state index in [1.54, 1.807) is 4.90 Å². The van der Waals surface area contributed by atoms with Gasteiger partial charge in [0.2, 0.25) is 5.91 Å². The number of hydrogen-bond donors (Lipinski definition) is 0. The topological polar surface area (TPSA) is 37.4 Å². The van der Waals surface area contributed by atoms with Crippen LogP contribution >= 0.6 is 15.9 Å². The van der Waals surface area contributed by atoms with E-state index in [1.807, 2.05) is 32.0 Å². The molecule has 0 bridgehead atoms. The van der Waals surface area contributed by atoms with Crippen LogP contribution in [0.15, 0.2) is 22.7 Å². The van der Waals surface area contributed by atoms with Crippen LogP contribution in [0, 0.1) is 0 Å². The molecule has 0 unspecified atom stereocenters. The monoisotopic (exact) mass is 295 g/mol. The molecule has 0 saturated carbocycles. The van der Waals surface area contributed by atoms with Gasteiger partial charge in [0, 0.05) is 10.2 Å². The maximum atomic E-state index is 12.3. The van der Waals surface area contributed by atoms with Gasteiger partial charge < -0.3 is 4.90 Å². The highest BCUT2D eigenvalue weighted by atomic mass is 79.9. The Kier molecular flexibility index (Phi) is 2.86. The van der Waals surface area contributed by atoms with Crippen LogP contribution in [0.3, 0.4) is 0 Å². The molecule has 1 aromatic carbocycles. The lowest BCUT2D eigenvalue weighted by molar-refractivity contribution is -0.124. The van der Waals surface area contributed by atoms with Crippen molar-refractivity contribution in [1.29, 1.82) is 0 Å². The van der Waals surface area contributed by atoms with Crippen molar-refractivity contribution < 1.29 is 9.59 Å². The number of benzene rings is 1. The molecule has 3 nitrogen and oxygen atoms in total. The van der Waals surface area contributed by atoms with Crippen LogP contribution < -0.4 is 4.90 Å². The van der Waals surface area contributed by atoms with Crippen molar-refractivity contribution in [1.82, 2.24) is 0 Å². The summed E-state index contributed by atoms with van der Waals surface area (Å²) in [5.74, 6) is -0.0225. The number of rotatable bonds is 2. The highest BCUT2D eigenvalue weighted by Crippen LogP contribution is 2.42. The highest BCUT2D eigenvalue weighted by Gasteiger charge is 2.43. The fraction of sp³-hybridized carbons (Fsp3) is 0.385. The fourth-order valence-electron chi connectivity index (χ4n) is 2.19. The molecule has 17 heavy (non-hydrogen) atoms. The molecular weight excluding hydrogens is 282 g/mol. The number of Topliss-reactive ketones (excluding diaryl/α,β-unsaturated/α-hetero) is 1. The molecule has 0 saturated heterocycles. The number of fused-ring (bicyclic) bond motifs is 1. The Labute approximate surface area is 109 Å². The zero-order valence-electron chi connectivity index (χ0n) is 10.1. The van der Waals surface area contributed by atoms with Gasteiger partial charge >= 0.3 is 0 Å². The summed E-state index contributed by atoms with van der Waals surface area (Å²) in [7, 11) is 0. The van der Waals surface area contributed by atoms with Crippen LogP contribution in [0.2, 0.25) is 0 Å². The average Bonchev–Trinajstić information content (AvgIpc) is 2.40. The predicted octanol–water partition coefficient (Wildman–Crippen LogP) is 2.66. The summed E-state index contributed by atoms with van der Waals surface area (Å²) in [5.41, 5.74) is 1.26. The Bertz CT molecular complexity index is 508. The van der Waals surface area contributed by atoms with Crippen molar-refractivity contribution in [3.63, 3.8) is 0 Å². The first-order valence-corrected chi connectivity index (χ1v) is 6.25. The number of carbonyl (C=O) groups excluding carboxylic acids is 2. The third-order valence-corrected chi connectivity index (χ3v) is 3.58. The summed E-state index contributed by atoms with van der Waals surface area (Å²) in [6.45, 7) is 5.43. The van der Waals surface area contributed by atoms with Gasteiger partial charge in [-0.1, -0.05) is 15.9 Å². The first-order chi connectivity index (χ1) is 7.84. The number of carbonyl (C=O) groups is 2. The van der Waals surface area contributed by atoms with Crippen molar-refractivity contribution in [2.24, 2.45) is 0 Å². The molecule has 0 radical (unpaired) electrons. The van der Waals surface area contributed by atoms with E-state index >= 15 is 0 Å². The Hall–Kier alpha value is -1.16. The van der Waals surface area contributed by atoms with Crippen LogP contribution in [0.5, 0.6) is 0 Å². The SMILES string of the molecule is CC(=O)CN1C(=O)C(C)(C)c2cc(Br)ccc21. The molecule has 2 rings (SSSR count). The van der Waals surface area contributed by atoms with Crippen LogP contribution in [0.1, 0.15) is 26.3 Å². The Morgan fingerprint density at radius 2 is 2.06 bits per heavy atom. The minimum absolute atomic E-state index is 0.00933. The highest BCUT2D eigenvalue weighted by molar-refractivity contribution is 9.10. The van der Waals surface area contributed by atoms with Gasteiger partial charge in [0.15, 0.2) is 0 Å². The van der Waals surface area contributed by atoms with Crippen molar-refractivity contribution in [2.75, 3.05) is 11.4 Å². The third kappa shape index (κ3) is 1.90. The zero-order chi connectivity index (χ0) is 12.8. The van der Waals surface area contributed by atoms with Gasteiger partial charge in [-0.25, -0.2) is 0 Å². The summed E-state index contributed by atoms with van der Waals surface area (Å²) >= 11 is 3.41. The normalized spacial score (nSPS) is 17.2. The smallest absolute Gasteiger partial charge is 0.237 e. The Balaban J connectivity index is 2.55. The molecule has 0 atom stereocenters. The minimum atomic E-state index is -0.561. The minimum Gasteiger partial charge on any atom is -0.304 e. The lowest BCUT2D eigenvalue weighted by Crippen LogP contribution is -2.38. The van der Waals surface area contributed by atoms with Gasteiger partial charge in [-0.05, 0) is 44.5 Å². The second-order valence-corrected chi connectivity index (χ2v) is 5.80. The summed E-state index contributed by atoms with van der Waals surface area (Å²) in [6, 6.07) is 5.73. The van der Waals surface area contributed by atoms with E-state index in [2.05, 4.69) is 15.9 Å². The Morgan fingerprint density at radius 1 is 1.41 bits per heavy atom. The Morgan fingerprint density at radius 3 is 2.65 bits per heavy atom. The van der Waals surface area contributed by atoms with E-state index in [0.717, 1.165) is 15.7 Å². The number of ketones is 1. The second kappa shape index (κ2) is 3.95. The van der Waals surface area contributed by atoms with Crippen molar-refractivity contribution in [3.05, 3.63) is 28.2 Å². The molecular formula is C13H14BrNO2. The molecule has 0 aliphatic carbocycles. The molecule has 1 aliphatic rings. The molecule has 1 amide bonds. The van der Waals surface area contributed by atoms with Gasteiger partial charge in [0.05, 0.1) is 12.0 Å². The van der Waals surface area contributed by atoms with Crippen molar-refractivity contribution in [3.8, 4) is 0 Å².